The Balaban J connectivity index is 1.58. The third-order valence-electron chi connectivity index (χ3n) is 4.08. The number of nitrogens with one attached hydrogen (secondary N) is 1. The van der Waals surface area contributed by atoms with Crippen molar-refractivity contribution in [2.24, 2.45) is 0 Å². The number of amides is 2. The van der Waals surface area contributed by atoms with Crippen LogP contribution in [0, 0.1) is 0 Å². The van der Waals surface area contributed by atoms with Gasteiger partial charge in [-0.1, -0.05) is 31.2 Å². The fourth-order valence-electron chi connectivity index (χ4n) is 2.66. The van der Waals surface area contributed by atoms with Crippen molar-refractivity contribution >= 4 is 11.8 Å². The summed E-state index contributed by atoms with van der Waals surface area (Å²) in [6.45, 7) is 2.76. The summed E-state index contributed by atoms with van der Waals surface area (Å²) in [5, 5.41) is 3.22. The van der Waals surface area contributed by atoms with Crippen molar-refractivity contribution in [1.29, 1.82) is 0 Å². The molecule has 106 valence electrons. The Hall–Kier alpha value is -1.68. The quantitative estimate of drug-likeness (QED) is 0.829. The number of nitrogens with zero attached hydrogens (tertiary/aromatic N) is 1. The van der Waals surface area contributed by atoms with Gasteiger partial charge in [-0.3, -0.25) is 14.5 Å². The number of hydrogen-bond acceptors (Lipinski definition) is 3. The molecule has 4 nitrogen and oxygen atoms in total. The van der Waals surface area contributed by atoms with Gasteiger partial charge in [0.05, 0.1) is 12.5 Å². The van der Waals surface area contributed by atoms with Gasteiger partial charge in [-0.25, -0.2) is 0 Å². The number of imide groups is 1. The number of carbonyl (C=O) groups excluding carboxylic acids is 2. The Bertz CT molecular complexity index is 520. The molecular formula is C16H20N2O2. The number of aryl methyl sites for hydroxylation is 1. The summed E-state index contributed by atoms with van der Waals surface area (Å²) in [6.07, 6.45) is 3.29. The molecule has 1 saturated heterocycles. The van der Waals surface area contributed by atoms with E-state index in [1.807, 2.05) is 0 Å². The van der Waals surface area contributed by atoms with E-state index in [9.17, 15) is 9.59 Å². The molecule has 3 rings (SSSR count). The van der Waals surface area contributed by atoms with E-state index in [2.05, 4.69) is 36.5 Å². The maximum atomic E-state index is 12.2. The van der Waals surface area contributed by atoms with Crippen molar-refractivity contribution in [2.75, 3.05) is 0 Å². The lowest BCUT2D eigenvalue weighted by Crippen LogP contribution is -2.39. The van der Waals surface area contributed by atoms with Gasteiger partial charge in [0.2, 0.25) is 11.8 Å². The number of benzene rings is 1. The second kappa shape index (κ2) is 5.37. The smallest absolute Gasteiger partial charge is 0.247 e. The van der Waals surface area contributed by atoms with Crippen molar-refractivity contribution in [3.8, 4) is 0 Å². The lowest BCUT2D eigenvalue weighted by molar-refractivity contribution is -0.139. The SMILES string of the molecule is CCc1ccc(CNC2CC(=O)N(C3CC3)C2=O)cc1. The zero-order valence-corrected chi connectivity index (χ0v) is 11.8. The molecule has 1 atom stereocenters. The van der Waals surface area contributed by atoms with Gasteiger partial charge in [-0.2, -0.15) is 0 Å². The Labute approximate surface area is 119 Å². The number of hydrogen-bond donors (Lipinski definition) is 1. The first-order chi connectivity index (χ1) is 9.69. The molecule has 1 aromatic carbocycles. The van der Waals surface area contributed by atoms with Gasteiger partial charge in [-0.15, -0.1) is 0 Å². The van der Waals surface area contributed by atoms with Crippen LogP contribution in [0.15, 0.2) is 24.3 Å². The van der Waals surface area contributed by atoms with Crippen LogP contribution in [0.25, 0.3) is 0 Å². The summed E-state index contributed by atoms with van der Waals surface area (Å²) in [5.74, 6) is -0.0565. The van der Waals surface area contributed by atoms with Gasteiger partial charge in [0.25, 0.3) is 0 Å². The molecule has 0 spiro atoms. The zero-order chi connectivity index (χ0) is 14.1. The van der Waals surface area contributed by atoms with Crippen molar-refractivity contribution < 1.29 is 9.59 Å². The number of rotatable bonds is 5. The van der Waals surface area contributed by atoms with Gasteiger partial charge in [0.15, 0.2) is 0 Å². The van der Waals surface area contributed by atoms with Crippen molar-refractivity contribution in [1.82, 2.24) is 10.2 Å². The van der Waals surface area contributed by atoms with Crippen LogP contribution in [-0.4, -0.2) is 28.8 Å². The maximum absolute atomic E-state index is 12.2. The summed E-state index contributed by atoms with van der Waals surface area (Å²) < 4.78 is 0. The summed E-state index contributed by atoms with van der Waals surface area (Å²) in [7, 11) is 0. The summed E-state index contributed by atoms with van der Waals surface area (Å²) in [6, 6.07) is 8.21. The molecule has 1 aliphatic heterocycles. The average Bonchev–Trinajstić information content (AvgIpc) is 3.24. The van der Waals surface area contributed by atoms with Crippen LogP contribution in [0.3, 0.4) is 0 Å². The molecule has 0 bridgehead atoms. The maximum Gasteiger partial charge on any atom is 0.247 e. The average molecular weight is 272 g/mol. The van der Waals surface area contributed by atoms with Crippen LogP contribution >= 0.6 is 0 Å². The van der Waals surface area contributed by atoms with Crippen LogP contribution < -0.4 is 5.32 Å². The Kier molecular flexibility index (Phi) is 3.57. The highest BCUT2D eigenvalue weighted by molar-refractivity contribution is 6.06. The topological polar surface area (TPSA) is 49.4 Å². The van der Waals surface area contributed by atoms with E-state index in [4.69, 9.17) is 0 Å². The number of carbonyl (C=O) groups is 2. The minimum atomic E-state index is -0.339. The zero-order valence-electron chi connectivity index (χ0n) is 11.8. The Morgan fingerprint density at radius 2 is 1.80 bits per heavy atom. The van der Waals surface area contributed by atoms with E-state index in [1.54, 1.807) is 0 Å². The van der Waals surface area contributed by atoms with E-state index in [0.717, 1.165) is 24.8 Å². The van der Waals surface area contributed by atoms with Crippen LogP contribution in [0.2, 0.25) is 0 Å². The highest BCUT2D eigenvalue weighted by Crippen LogP contribution is 2.31. The third kappa shape index (κ3) is 2.61. The summed E-state index contributed by atoms with van der Waals surface area (Å²) >= 11 is 0. The van der Waals surface area contributed by atoms with E-state index < -0.39 is 0 Å². The molecule has 2 amide bonds. The standard InChI is InChI=1S/C16H20N2O2/c1-2-11-3-5-12(6-4-11)10-17-14-9-15(19)18(16(14)20)13-7-8-13/h3-6,13-14,17H,2,7-10H2,1H3. The molecule has 1 saturated carbocycles. The Morgan fingerprint density at radius 3 is 2.40 bits per heavy atom. The molecule has 1 unspecified atom stereocenters. The first-order valence-electron chi connectivity index (χ1n) is 7.36. The summed E-state index contributed by atoms with van der Waals surface area (Å²) in [4.78, 5) is 25.5. The fourth-order valence-corrected chi connectivity index (χ4v) is 2.66. The first kappa shape index (κ1) is 13.3. The lowest BCUT2D eigenvalue weighted by atomic mass is 10.1. The highest BCUT2D eigenvalue weighted by Gasteiger charge is 2.45. The van der Waals surface area contributed by atoms with Crippen molar-refractivity contribution in [2.45, 2.75) is 51.2 Å². The first-order valence-corrected chi connectivity index (χ1v) is 7.36. The second-order valence-corrected chi connectivity index (χ2v) is 5.64. The van der Waals surface area contributed by atoms with Gasteiger partial charge >= 0.3 is 0 Å². The van der Waals surface area contributed by atoms with Gasteiger partial charge in [0.1, 0.15) is 0 Å². The van der Waals surface area contributed by atoms with Crippen LogP contribution in [0.1, 0.15) is 37.3 Å². The third-order valence-corrected chi connectivity index (χ3v) is 4.08. The van der Waals surface area contributed by atoms with E-state index in [0.29, 0.717) is 13.0 Å². The normalized spacial score (nSPS) is 22.6. The fraction of sp³-hybridized carbons (Fsp3) is 0.500. The van der Waals surface area contributed by atoms with Gasteiger partial charge in [-0.05, 0) is 30.4 Å². The molecule has 1 aromatic rings. The molecule has 1 aliphatic carbocycles. The molecule has 20 heavy (non-hydrogen) atoms. The van der Waals surface area contributed by atoms with Gasteiger partial charge in [0, 0.05) is 12.6 Å². The monoisotopic (exact) mass is 272 g/mol. The molecular weight excluding hydrogens is 252 g/mol. The molecule has 4 heteroatoms. The van der Waals surface area contributed by atoms with Crippen LogP contribution in [0.5, 0.6) is 0 Å². The molecule has 2 fully saturated rings. The van der Waals surface area contributed by atoms with E-state index >= 15 is 0 Å². The van der Waals surface area contributed by atoms with E-state index in [1.165, 1.54) is 10.5 Å². The second-order valence-electron chi connectivity index (χ2n) is 5.64. The largest absolute Gasteiger partial charge is 0.301 e. The molecule has 0 radical (unpaired) electrons. The highest BCUT2D eigenvalue weighted by atomic mass is 16.2. The molecule has 1 heterocycles. The minimum absolute atomic E-state index is 0.0173. The Morgan fingerprint density at radius 1 is 1.15 bits per heavy atom. The van der Waals surface area contributed by atoms with Crippen LogP contribution in [0.4, 0.5) is 0 Å². The molecule has 1 N–H and O–H groups in total. The van der Waals surface area contributed by atoms with Crippen molar-refractivity contribution in [3.05, 3.63) is 35.4 Å². The molecule has 2 aliphatic rings. The predicted octanol–water partition coefficient (Wildman–Crippen LogP) is 1.63. The summed E-state index contributed by atoms with van der Waals surface area (Å²) in [5.41, 5.74) is 2.45. The predicted molar refractivity (Wildman–Crippen MR) is 75.9 cm³/mol. The minimum Gasteiger partial charge on any atom is -0.301 e. The van der Waals surface area contributed by atoms with E-state index in [-0.39, 0.29) is 23.9 Å². The van der Waals surface area contributed by atoms with Gasteiger partial charge < -0.3 is 5.32 Å². The van der Waals surface area contributed by atoms with Crippen LogP contribution in [-0.2, 0) is 22.6 Å². The molecule has 0 aromatic heterocycles. The lowest BCUT2D eigenvalue weighted by Gasteiger charge is -2.14. The van der Waals surface area contributed by atoms with Crippen molar-refractivity contribution in [3.63, 3.8) is 0 Å². The number of likely N-dealkylation sites (tertiary alicyclic amines) is 1.